The number of anilines is 2. The summed E-state index contributed by atoms with van der Waals surface area (Å²) in [4.78, 5) is 0. The lowest BCUT2D eigenvalue weighted by molar-refractivity contribution is 1.55. The average molecular weight is 418 g/mol. The van der Waals surface area contributed by atoms with Crippen molar-refractivity contribution in [2.24, 2.45) is 0 Å². The lowest BCUT2D eigenvalue weighted by Crippen LogP contribution is -1.98. The molecule has 0 bridgehead atoms. The van der Waals surface area contributed by atoms with Crippen LogP contribution in [0, 0.1) is 0 Å². The molecule has 0 fully saturated rings. The number of benzene rings is 3. The minimum absolute atomic E-state index is 0.717. The lowest BCUT2D eigenvalue weighted by atomic mass is 9.92. The zero-order valence-corrected chi connectivity index (χ0v) is 14.9. The zero-order valence-electron chi connectivity index (χ0n) is 11.7. The van der Waals surface area contributed by atoms with Crippen molar-refractivity contribution in [3.63, 3.8) is 0 Å². The molecule has 0 aliphatic carbocycles. The van der Waals surface area contributed by atoms with Gasteiger partial charge in [-0.1, -0.05) is 56.1 Å². The summed E-state index contributed by atoms with van der Waals surface area (Å²) in [5, 5.41) is 0. The highest BCUT2D eigenvalue weighted by atomic mass is 79.9. The van der Waals surface area contributed by atoms with Gasteiger partial charge in [0.05, 0.1) is 0 Å². The second-order valence-corrected chi connectivity index (χ2v) is 6.84. The summed E-state index contributed by atoms with van der Waals surface area (Å²) in [6.07, 6.45) is 0. The van der Waals surface area contributed by atoms with E-state index >= 15 is 0 Å². The highest BCUT2D eigenvalue weighted by Crippen LogP contribution is 2.41. The summed E-state index contributed by atoms with van der Waals surface area (Å²) in [6, 6.07) is 19.9. The van der Waals surface area contributed by atoms with Gasteiger partial charge < -0.3 is 11.5 Å². The van der Waals surface area contributed by atoms with Gasteiger partial charge in [0, 0.05) is 31.4 Å². The summed E-state index contributed by atoms with van der Waals surface area (Å²) < 4.78 is 2.06. The Morgan fingerprint density at radius 1 is 0.500 bits per heavy atom. The highest BCUT2D eigenvalue weighted by Gasteiger charge is 2.14. The van der Waals surface area contributed by atoms with Crippen molar-refractivity contribution in [3.05, 3.63) is 69.6 Å². The lowest BCUT2D eigenvalue weighted by Gasteiger charge is -2.16. The maximum atomic E-state index is 6.25. The van der Waals surface area contributed by atoms with Gasteiger partial charge in [-0.05, 0) is 47.5 Å². The fraction of sp³-hybridized carbons (Fsp3) is 0. The molecule has 3 rings (SSSR count). The first-order valence-corrected chi connectivity index (χ1v) is 8.34. The van der Waals surface area contributed by atoms with Crippen LogP contribution >= 0.6 is 31.9 Å². The predicted octanol–water partition coefficient (Wildman–Crippen LogP) is 5.71. The summed E-state index contributed by atoms with van der Waals surface area (Å²) in [5.74, 6) is 0. The Kier molecular flexibility index (Phi) is 4.23. The number of hydrogen-bond donors (Lipinski definition) is 2. The van der Waals surface area contributed by atoms with Crippen molar-refractivity contribution in [1.29, 1.82) is 0 Å². The Balaban J connectivity index is 2.27. The van der Waals surface area contributed by atoms with Gasteiger partial charge in [0.1, 0.15) is 0 Å². The molecule has 0 spiro atoms. The van der Waals surface area contributed by atoms with Crippen LogP contribution in [0.4, 0.5) is 11.4 Å². The largest absolute Gasteiger partial charge is 0.398 e. The minimum Gasteiger partial charge on any atom is -0.398 e. The molecule has 110 valence electrons. The van der Waals surface area contributed by atoms with Crippen LogP contribution < -0.4 is 11.5 Å². The van der Waals surface area contributed by atoms with Gasteiger partial charge in [-0.3, -0.25) is 0 Å². The van der Waals surface area contributed by atoms with E-state index in [4.69, 9.17) is 11.5 Å². The average Bonchev–Trinajstić information content (AvgIpc) is 2.51. The van der Waals surface area contributed by atoms with E-state index in [2.05, 4.69) is 31.9 Å². The molecule has 0 aromatic heterocycles. The minimum atomic E-state index is 0.717. The van der Waals surface area contributed by atoms with Crippen LogP contribution in [0.25, 0.3) is 22.3 Å². The first-order valence-electron chi connectivity index (χ1n) is 6.76. The zero-order chi connectivity index (χ0) is 15.7. The summed E-state index contributed by atoms with van der Waals surface area (Å²) in [6.45, 7) is 0. The molecule has 0 saturated carbocycles. The van der Waals surface area contributed by atoms with Gasteiger partial charge in [0.2, 0.25) is 0 Å². The van der Waals surface area contributed by atoms with Gasteiger partial charge in [-0.2, -0.15) is 0 Å². The second kappa shape index (κ2) is 6.15. The van der Waals surface area contributed by atoms with E-state index in [1.165, 1.54) is 0 Å². The fourth-order valence-electron chi connectivity index (χ4n) is 2.49. The molecule has 4 heteroatoms. The van der Waals surface area contributed by atoms with Crippen molar-refractivity contribution < 1.29 is 0 Å². The quantitative estimate of drug-likeness (QED) is 0.524. The van der Waals surface area contributed by atoms with Crippen molar-refractivity contribution >= 4 is 43.2 Å². The molecule has 3 aromatic rings. The molecular formula is C18H14Br2N2. The third-order valence-corrected chi connectivity index (χ3v) is 4.59. The molecule has 3 aromatic carbocycles. The number of nitrogen functional groups attached to an aromatic ring is 2. The third kappa shape index (κ3) is 2.89. The fourth-order valence-corrected chi connectivity index (χ4v) is 3.02. The van der Waals surface area contributed by atoms with E-state index in [1.807, 2.05) is 60.7 Å². The van der Waals surface area contributed by atoms with Gasteiger partial charge in [-0.15, -0.1) is 0 Å². The number of nitrogens with two attached hydrogens (primary N) is 2. The van der Waals surface area contributed by atoms with Crippen molar-refractivity contribution in [2.45, 2.75) is 0 Å². The first kappa shape index (κ1) is 15.1. The van der Waals surface area contributed by atoms with Crippen molar-refractivity contribution in [1.82, 2.24) is 0 Å². The normalized spacial score (nSPS) is 10.6. The SMILES string of the molecule is Nc1ccc(N)c(-c2ccc(Br)cc2)c1-c1ccc(Br)cc1. The Morgan fingerprint density at radius 3 is 1.14 bits per heavy atom. The van der Waals surface area contributed by atoms with Gasteiger partial charge in [0.25, 0.3) is 0 Å². The molecule has 0 aliphatic heterocycles. The third-order valence-electron chi connectivity index (χ3n) is 3.54. The maximum absolute atomic E-state index is 6.25. The predicted molar refractivity (Wildman–Crippen MR) is 102 cm³/mol. The monoisotopic (exact) mass is 416 g/mol. The molecule has 0 amide bonds. The number of rotatable bonds is 2. The van der Waals surface area contributed by atoms with Crippen LogP contribution in [0.15, 0.2) is 69.6 Å². The van der Waals surface area contributed by atoms with Crippen molar-refractivity contribution in [3.8, 4) is 22.3 Å². The molecule has 0 saturated heterocycles. The van der Waals surface area contributed by atoms with E-state index in [9.17, 15) is 0 Å². The molecule has 0 radical (unpaired) electrons. The van der Waals surface area contributed by atoms with Crippen LogP contribution in [0.1, 0.15) is 0 Å². The van der Waals surface area contributed by atoms with E-state index in [0.717, 1.165) is 42.6 Å². The molecule has 2 nitrogen and oxygen atoms in total. The molecule has 0 atom stereocenters. The summed E-state index contributed by atoms with van der Waals surface area (Å²) >= 11 is 6.92. The smallest absolute Gasteiger partial charge is 0.0401 e. The van der Waals surface area contributed by atoms with Crippen LogP contribution in [-0.4, -0.2) is 0 Å². The van der Waals surface area contributed by atoms with Crippen LogP contribution in [0.2, 0.25) is 0 Å². The Morgan fingerprint density at radius 2 is 0.818 bits per heavy atom. The Hall–Kier alpha value is -1.78. The topological polar surface area (TPSA) is 52.0 Å². The highest BCUT2D eigenvalue weighted by molar-refractivity contribution is 9.10. The van der Waals surface area contributed by atoms with Gasteiger partial charge >= 0.3 is 0 Å². The van der Waals surface area contributed by atoms with E-state index in [0.29, 0.717) is 0 Å². The summed E-state index contributed by atoms with van der Waals surface area (Å²) in [5.41, 5.74) is 18.0. The molecule has 0 aliphatic rings. The van der Waals surface area contributed by atoms with Crippen LogP contribution in [0.5, 0.6) is 0 Å². The van der Waals surface area contributed by atoms with E-state index in [-0.39, 0.29) is 0 Å². The summed E-state index contributed by atoms with van der Waals surface area (Å²) in [7, 11) is 0. The molecule has 22 heavy (non-hydrogen) atoms. The maximum Gasteiger partial charge on any atom is 0.0401 e. The Labute approximate surface area is 146 Å². The van der Waals surface area contributed by atoms with E-state index in [1.54, 1.807) is 0 Å². The second-order valence-electron chi connectivity index (χ2n) is 5.01. The Bertz CT molecular complexity index is 739. The standard InChI is InChI=1S/C18H14Br2N2/c19-13-5-1-11(2-6-13)17-15(21)9-10-16(22)18(17)12-3-7-14(20)8-4-12/h1-10H,21-22H2. The van der Waals surface area contributed by atoms with Gasteiger partial charge in [-0.25, -0.2) is 0 Å². The molecular weight excluding hydrogens is 404 g/mol. The van der Waals surface area contributed by atoms with Crippen molar-refractivity contribution in [2.75, 3.05) is 11.5 Å². The first-order chi connectivity index (χ1) is 10.6. The van der Waals surface area contributed by atoms with Crippen LogP contribution in [-0.2, 0) is 0 Å². The number of hydrogen-bond acceptors (Lipinski definition) is 2. The van der Waals surface area contributed by atoms with E-state index < -0.39 is 0 Å². The molecule has 0 heterocycles. The molecule has 4 N–H and O–H groups in total. The molecule has 0 unspecified atom stereocenters. The number of halogens is 2. The van der Waals surface area contributed by atoms with Crippen LogP contribution in [0.3, 0.4) is 0 Å². The van der Waals surface area contributed by atoms with Gasteiger partial charge in [0.15, 0.2) is 0 Å².